The molecule has 3 atom stereocenters. The molecule has 176 valence electrons. The zero-order valence-electron chi connectivity index (χ0n) is 18.1. The molecule has 2 heterocycles. The zero-order chi connectivity index (χ0) is 23.8. The molecular weight excluding hydrogens is 435 g/mol. The second kappa shape index (κ2) is 9.24. The van der Waals surface area contributed by atoms with Crippen LogP contribution in [0.15, 0.2) is 47.5 Å². The normalized spacial score (nSPS) is 20.2. The monoisotopic (exact) mass is 461 g/mol. The van der Waals surface area contributed by atoms with Crippen LogP contribution in [0.25, 0.3) is 22.0 Å². The van der Waals surface area contributed by atoms with Gasteiger partial charge in [0, 0.05) is 6.04 Å². The first kappa shape index (κ1) is 23.4. The zero-order valence-corrected chi connectivity index (χ0v) is 18.1. The Hall–Kier alpha value is -2.75. The molecule has 0 radical (unpaired) electrons. The molecule has 2 aromatic carbocycles. The molecule has 0 spiro atoms. The van der Waals surface area contributed by atoms with Crippen molar-refractivity contribution in [3.05, 3.63) is 64.2 Å². The van der Waals surface area contributed by atoms with Crippen LogP contribution in [0.5, 0.6) is 0 Å². The Bertz CT molecular complexity index is 1210. The first-order valence-electron chi connectivity index (χ1n) is 10.9. The van der Waals surface area contributed by atoms with E-state index in [9.17, 15) is 28.2 Å². The smallest absolute Gasteiger partial charge is 0.392 e. The number of benzene rings is 2. The lowest BCUT2D eigenvalue weighted by Gasteiger charge is -2.30. The number of piperidine rings is 1. The number of aliphatic hydroxyl groups is 2. The predicted octanol–water partition coefficient (Wildman–Crippen LogP) is 3.25. The highest BCUT2D eigenvalue weighted by Crippen LogP contribution is 2.33. The third-order valence-electron chi connectivity index (χ3n) is 6.12. The van der Waals surface area contributed by atoms with Crippen LogP contribution < -0.4 is 10.9 Å². The lowest BCUT2D eigenvalue weighted by Crippen LogP contribution is -2.47. The third-order valence-corrected chi connectivity index (χ3v) is 6.12. The van der Waals surface area contributed by atoms with E-state index in [0.717, 1.165) is 25.1 Å². The maximum atomic E-state index is 13.1. The summed E-state index contributed by atoms with van der Waals surface area (Å²) in [5.74, 6) is 0. The van der Waals surface area contributed by atoms with E-state index < -0.39 is 23.9 Å². The molecule has 1 fully saturated rings. The maximum Gasteiger partial charge on any atom is 0.416 e. The Labute approximate surface area is 188 Å². The van der Waals surface area contributed by atoms with Crippen molar-refractivity contribution < 1.29 is 23.4 Å². The van der Waals surface area contributed by atoms with Gasteiger partial charge in [0.25, 0.3) is 5.56 Å². The van der Waals surface area contributed by atoms with Gasteiger partial charge in [-0.1, -0.05) is 12.1 Å². The fourth-order valence-corrected chi connectivity index (χ4v) is 4.39. The summed E-state index contributed by atoms with van der Waals surface area (Å²) < 4.78 is 40.7. The summed E-state index contributed by atoms with van der Waals surface area (Å²) in [6.07, 6.45) is -2.69. The van der Waals surface area contributed by atoms with Crippen molar-refractivity contribution in [1.29, 1.82) is 0 Å². The first-order chi connectivity index (χ1) is 15.6. The van der Waals surface area contributed by atoms with Crippen LogP contribution in [-0.4, -0.2) is 44.6 Å². The Balaban J connectivity index is 1.65. The molecule has 0 aliphatic carbocycles. The van der Waals surface area contributed by atoms with E-state index in [-0.39, 0.29) is 30.0 Å². The van der Waals surface area contributed by atoms with E-state index >= 15 is 0 Å². The van der Waals surface area contributed by atoms with E-state index in [2.05, 4.69) is 10.3 Å². The van der Waals surface area contributed by atoms with Gasteiger partial charge >= 0.3 is 6.18 Å². The fourth-order valence-electron chi connectivity index (χ4n) is 4.39. The van der Waals surface area contributed by atoms with Crippen molar-refractivity contribution in [1.82, 2.24) is 14.9 Å². The van der Waals surface area contributed by atoms with Gasteiger partial charge in [-0.15, -0.1) is 0 Å². The first-order valence-corrected chi connectivity index (χ1v) is 10.9. The highest BCUT2D eigenvalue weighted by atomic mass is 19.4. The van der Waals surface area contributed by atoms with Crippen LogP contribution in [0.3, 0.4) is 0 Å². The maximum absolute atomic E-state index is 13.1. The van der Waals surface area contributed by atoms with Gasteiger partial charge < -0.3 is 15.5 Å². The molecule has 1 unspecified atom stereocenters. The molecule has 1 aliphatic heterocycles. The molecular formula is C24H26F3N3O3. The molecule has 6 nitrogen and oxygen atoms in total. The average Bonchev–Trinajstić information content (AvgIpc) is 2.77. The number of aromatic nitrogens is 2. The summed E-state index contributed by atoms with van der Waals surface area (Å²) in [6.45, 7) is 2.52. The molecule has 3 aromatic rings. The predicted molar refractivity (Wildman–Crippen MR) is 119 cm³/mol. The van der Waals surface area contributed by atoms with Crippen molar-refractivity contribution in [2.75, 3.05) is 6.54 Å². The van der Waals surface area contributed by atoms with E-state index in [1.54, 1.807) is 25.1 Å². The fraction of sp³-hybridized carbons (Fsp3) is 0.417. The van der Waals surface area contributed by atoms with Crippen LogP contribution >= 0.6 is 0 Å². The second-order valence-electron chi connectivity index (χ2n) is 8.63. The van der Waals surface area contributed by atoms with Gasteiger partial charge in [0.05, 0.1) is 41.5 Å². The molecule has 1 aromatic heterocycles. The second-order valence-corrected chi connectivity index (χ2v) is 8.63. The Kier molecular flexibility index (Phi) is 6.56. The van der Waals surface area contributed by atoms with Crippen LogP contribution in [-0.2, 0) is 12.7 Å². The molecule has 0 saturated carbocycles. The van der Waals surface area contributed by atoms with E-state index in [0.29, 0.717) is 28.6 Å². The minimum absolute atomic E-state index is 0.000489. The molecule has 1 saturated heterocycles. The Morgan fingerprint density at radius 2 is 2.03 bits per heavy atom. The highest BCUT2D eigenvalue weighted by molar-refractivity contribution is 5.86. The number of fused-ring (bicyclic) bond motifs is 1. The van der Waals surface area contributed by atoms with Crippen molar-refractivity contribution >= 4 is 10.9 Å². The van der Waals surface area contributed by atoms with Crippen molar-refractivity contribution in [3.63, 3.8) is 0 Å². The lowest BCUT2D eigenvalue weighted by molar-refractivity contribution is -0.137. The van der Waals surface area contributed by atoms with Crippen LogP contribution in [0.1, 0.15) is 30.4 Å². The Morgan fingerprint density at radius 1 is 1.24 bits per heavy atom. The van der Waals surface area contributed by atoms with Crippen molar-refractivity contribution in [2.45, 2.75) is 57.2 Å². The van der Waals surface area contributed by atoms with E-state index in [4.69, 9.17) is 0 Å². The summed E-state index contributed by atoms with van der Waals surface area (Å²) in [6, 6.07) is 7.97. The SMILES string of the molecule is Cc1cc(-c2cccc(C(F)(F)F)c2)cc2c(=O)n(CC(O)C[C@H]3NCCC[C@@H]3O)cnc12. The van der Waals surface area contributed by atoms with Crippen LogP contribution in [0.4, 0.5) is 13.2 Å². The molecule has 3 N–H and O–H groups in total. The van der Waals surface area contributed by atoms with Gasteiger partial charge in [-0.25, -0.2) is 4.98 Å². The van der Waals surface area contributed by atoms with Gasteiger partial charge in [0.2, 0.25) is 0 Å². The lowest BCUT2D eigenvalue weighted by atomic mass is 9.96. The Morgan fingerprint density at radius 3 is 2.76 bits per heavy atom. The summed E-state index contributed by atoms with van der Waals surface area (Å²) in [5.41, 5.74) is 0.820. The number of aryl methyl sites for hydroxylation is 1. The van der Waals surface area contributed by atoms with Gasteiger partial charge in [-0.05, 0) is 73.7 Å². The number of rotatable bonds is 5. The average molecular weight is 461 g/mol. The summed E-state index contributed by atoms with van der Waals surface area (Å²) in [5, 5.41) is 24.1. The molecule has 9 heteroatoms. The highest BCUT2D eigenvalue weighted by Gasteiger charge is 2.30. The molecule has 4 rings (SSSR count). The molecule has 0 bridgehead atoms. The summed E-state index contributed by atoms with van der Waals surface area (Å²) in [7, 11) is 0. The van der Waals surface area contributed by atoms with Gasteiger partial charge in [0.1, 0.15) is 0 Å². The number of alkyl halides is 3. The quantitative estimate of drug-likeness (QED) is 0.543. The number of halogens is 3. The summed E-state index contributed by atoms with van der Waals surface area (Å²) >= 11 is 0. The standard InChI is InChI=1S/C24H26F3N3O3/c1-14-8-16(15-4-2-5-17(9-15)24(25,26)27)10-19-22(14)29-13-30(23(19)33)12-18(31)11-20-21(32)6-3-7-28-20/h2,4-5,8-10,13,18,20-21,28,31-32H,3,6-7,11-12H2,1H3/t18?,20-,21+/m1/s1. The molecule has 0 amide bonds. The topological polar surface area (TPSA) is 87.4 Å². The van der Waals surface area contributed by atoms with Crippen LogP contribution in [0.2, 0.25) is 0 Å². The van der Waals surface area contributed by atoms with Gasteiger partial charge in [0.15, 0.2) is 0 Å². The number of nitrogens with zero attached hydrogens (tertiary/aromatic N) is 2. The molecule has 1 aliphatic rings. The van der Waals surface area contributed by atoms with E-state index in [1.807, 2.05) is 0 Å². The summed E-state index contributed by atoms with van der Waals surface area (Å²) in [4.78, 5) is 17.5. The van der Waals surface area contributed by atoms with Gasteiger partial charge in [-0.2, -0.15) is 13.2 Å². The number of nitrogens with one attached hydrogen (secondary N) is 1. The molecule has 33 heavy (non-hydrogen) atoms. The van der Waals surface area contributed by atoms with Crippen LogP contribution in [0, 0.1) is 6.92 Å². The third kappa shape index (κ3) is 5.10. The number of hydrogen-bond acceptors (Lipinski definition) is 5. The van der Waals surface area contributed by atoms with Gasteiger partial charge in [-0.3, -0.25) is 9.36 Å². The van der Waals surface area contributed by atoms with Crippen molar-refractivity contribution in [2.24, 2.45) is 0 Å². The number of aliphatic hydroxyl groups excluding tert-OH is 2. The number of hydrogen-bond donors (Lipinski definition) is 3. The van der Waals surface area contributed by atoms with E-state index in [1.165, 1.54) is 17.0 Å². The minimum Gasteiger partial charge on any atom is -0.392 e. The minimum atomic E-state index is -4.47. The van der Waals surface area contributed by atoms with Crippen molar-refractivity contribution in [3.8, 4) is 11.1 Å². The largest absolute Gasteiger partial charge is 0.416 e.